The summed E-state index contributed by atoms with van der Waals surface area (Å²) in [4.78, 5) is 13.6. The summed E-state index contributed by atoms with van der Waals surface area (Å²) in [7, 11) is 8.46. The molecule has 0 spiro atoms. The second kappa shape index (κ2) is 17.4. The average Bonchev–Trinajstić information content (AvgIpc) is 3.46. The lowest BCUT2D eigenvalue weighted by molar-refractivity contribution is 0.390. The first kappa shape index (κ1) is 32.1. The summed E-state index contributed by atoms with van der Waals surface area (Å²) in [6.07, 6.45) is 9.44. The van der Waals surface area contributed by atoms with Crippen LogP contribution in [-0.4, -0.2) is 75.8 Å². The topological polar surface area (TPSA) is 96.4 Å². The number of nitrogens with zero attached hydrogens (tertiary/aromatic N) is 4. The number of hydrogen-bond donors (Lipinski definition) is 2. The number of nitrogens with two attached hydrogens (primary N) is 2. The second-order valence-corrected chi connectivity index (χ2v) is 11.3. The molecule has 7 heteroatoms. The monoisotopic (exact) mass is 558 g/mol. The maximum absolute atomic E-state index is 6.24. The highest BCUT2D eigenvalue weighted by Gasteiger charge is 2.09. The fourth-order valence-corrected chi connectivity index (χ4v) is 4.63. The van der Waals surface area contributed by atoms with Crippen molar-refractivity contribution >= 4 is 11.7 Å². The van der Waals surface area contributed by atoms with Crippen LogP contribution in [0.4, 0.5) is 0 Å². The first-order chi connectivity index (χ1) is 19.8. The molecule has 0 aliphatic carbocycles. The molecule has 0 amide bonds. The summed E-state index contributed by atoms with van der Waals surface area (Å²) >= 11 is 0. The van der Waals surface area contributed by atoms with Gasteiger partial charge in [-0.05, 0) is 79.1 Å². The number of unbranched alkanes of at least 4 members (excludes halogenated alkanes) is 6. The zero-order valence-electron chi connectivity index (χ0n) is 25.6. The third kappa shape index (κ3) is 11.5. The van der Waals surface area contributed by atoms with Gasteiger partial charge in [0.25, 0.3) is 0 Å². The van der Waals surface area contributed by atoms with E-state index in [2.05, 4.69) is 48.0 Å². The summed E-state index contributed by atoms with van der Waals surface area (Å²) in [5.41, 5.74) is 16.4. The molecule has 7 nitrogen and oxygen atoms in total. The minimum absolute atomic E-state index is 0.591. The molecule has 0 fully saturated rings. The molecule has 222 valence electrons. The van der Waals surface area contributed by atoms with Crippen LogP contribution in [0.25, 0.3) is 22.6 Å². The number of amidine groups is 2. The maximum Gasteiger partial charge on any atom is 0.134 e. The van der Waals surface area contributed by atoms with Crippen LogP contribution in [0.3, 0.4) is 0 Å². The van der Waals surface area contributed by atoms with Crippen molar-refractivity contribution in [3.05, 3.63) is 71.8 Å². The zero-order valence-corrected chi connectivity index (χ0v) is 25.6. The van der Waals surface area contributed by atoms with Crippen LogP contribution in [-0.2, 0) is 0 Å². The van der Waals surface area contributed by atoms with E-state index in [1.54, 1.807) is 0 Å². The van der Waals surface area contributed by atoms with Gasteiger partial charge in [0.2, 0.25) is 0 Å². The van der Waals surface area contributed by atoms with Crippen LogP contribution < -0.4 is 11.5 Å². The SMILES string of the molecule is CN(C)CCCCCCN=C(N)c1ccc(-c2ccc(-c3ccc(C(N)=NCCCCCCN(C)C)cc3)o2)cc1. The summed E-state index contributed by atoms with van der Waals surface area (Å²) in [6, 6.07) is 20.2. The predicted octanol–water partition coefficient (Wildman–Crippen LogP) is 6.27. The Morgan fingerprint density at radius 3 is 1.27 bits per heavy atom. The smallest absolute Gasteiger partial charge is 0.134 e. The van der Waals surface area contributed by atoms with E-state index in [9.17, 15) is 0 Å². The highest BCUT2D eigenvalue weighted by Crippen LogP contribution is 2.29. The molecule has 0 bridgehead atoms. The van der Waals surface area contributed by atoms with Gasteiger partial charge in [0.05, 0.1) is 0 Å². The van der Waals surface area contributed by atoms with E-state index in [-0.39, 0.29) is 0 Å². The van der Waals surface area contributed by atoms with E-state index in [0.717, 1.165) is 72.8 Å². The Bertz CT molecular complexity index is 1110. The molecule has 0 unspecified atom stereocenters. The first-order valence-corrected chi connectivity index (χ1v) is 15.0. The predicted molar refractivity (Wildman–Crippen MR) is 175 cm³/mol. The molecular weight excluding hydrogens is 508 g/mol. The van der Waals surface area contributed by atoms with Crippen molar-refractivity contribution in [3.63, 3.8) is 0 Å². The van der Waals surface area contributed by atoms with Crippen molar-refractivity contribution in [1.29, 1.82) is 0 Å². The molecule has 0 atom stereocenters. The van der Waals surface area contributed by atoms with Crippen molar-refractivity contribution in [2.75, 3.05) is 54.4 Å². The Morgan fingerprint density at radius 2 is 0.902 bits per heavy atom. The molecule has 3 rings (SSSR count). The minimum atomic E-state index is 0.591. The standard InChI is InChI=1S/C34H50N6O/c1-39(2)25-11-7-5-9-23-37-33(35)29-17-13-27(14-18-29)31-21-22-32(41-31)28-15-19-30(20-16-28)34(36)38-24-10-6-8-12-26-40(3)4/h13-22H,5-12,23-26H2,1-4H3,(H2,35,37)(H2,36,38). The lowest BCUT2D eigenvalue weighted by atomic mass is 10.1. The first-order valence-electron chi connectivity index (χ1n) is 15.0. The van der Waals surface area contributed by atoms with E-state index in [0.29, 0.717) is 11.7 Å². The van der Waals surface area contributed by atoms with Gasteiger partial charge in [-0.3, -0.25) is 9.98 Å². The normalized spacial score (nSPS) is 12.5. The average molecular weight is 559 g/mol. The molecule has 0 aliphatic heterocycles. The molecule has 3 aromatic rings. The summed E-state index contributed by atoms with van der Waals surface area (Å²) in [5.74, 6) is 2.81. The largest absolute Gasteiger partial charge is 0.456 e. The van der Waals surface area contributed by atoms with E-state index < -0.39 is 0 Å². The molecule has 0 radical (unpaired) electrons. The molecule has 0 aliphatic rings. The highest BCUT2D eigenvalue weighted by atomic mass is 16.3. The fourth-order valence-electron chi connectivity index (χ4n) is 4.63. The molecule has 0 saturated carbocycles. The van der Waals surface area contributed by atoms with Crippen molar-refractivity contribution in [1.82, 2.24) is 9.80 Å². The van der Waals surface area contributed by atoms with Gasteiger partial charge in [0.15, 0.2) is 0 Å². The second-order valence-electron chi connectivity index (χ2n) is 11.3. The molecule has 4 N–H and O–H groups in total. The lowest BCUT2D eigenvalue weighted by Gasteiger charge is -2.08. The van der Waals surface area contributed by atoms with E-state index in [1.165, 1.54) is 38.5 Å². The summed E-state index contributed by atoms with van der Waals surface area (Å²) in [6.45, 7) is 3.82. The quantitative estimate of drug-likeness (QED) is 0.109. The molecular formula is C34H50N6O. The van der Waals surface area contributed by atoms with Crippen LogP contribution in [0.1, 0.15) is 62.5 Å². The van der Waals surface area contributed by atoms with E-state index >= 15 is 0 Å². The summed E-state index contributed by atoms with van der Waals surface area (Å²) < 4.78 is 6.18. The molecule has 1 heterocycles. The van der Waals surface area contributed by atoms with Gasteiger partial charge in [0.1, 0.15) is 23.2 Å². The fraction of sp³-hybridized carbons (Fsp3) is 0.471. The van der Waals surface area contributed by atoms with Crippen molar-refractivity contribution in [2.24, 2.45) is 21.5 Å². The van der Waals surface area contributed by atoms with Gasteiger partial charge in [-0.25, -0.2) is 0 Å². The van der Waals surface area contributed by atoms with Crippen LogP contribution >= 0.6 is 0 Å². The Kier molecular flexibility index (Phi) is 13.6. The minimum Gasteiger partial charge on any atom is -0.456 e. The van der Waals surface area contributed by atoms with Crippen LogP contribution in [0.2, 0.25) is 0 Å². The van der Waals surface area contributed by atoms with Crippen molar-refractivity contribution < 1.29 is 4.42 Å². The van der Waals surface area contributed by atoms with Gasteiger partial charge >= 0.3 is 0 Å². The molecule has 0 saturated heterocycles. The number of aliphatic imine (C=N–C) groups is 2. The number of hydrogen-bond acceptors (Lipinski definition) is 5. The lowest BCUT2D eigenvalue weighted by Crippen LogP contribution is -2.14. The van der Waals surface area contributed by atoms with Crippen molar-refractivity contribution in [3.8, 4) is 22.6 Å². The highest BCUT2D eigenvalue weighted by molar-refractivity contribution is 5.98. The Balaban J connectivity index is 1.48. The third-order valence-electron chi connectivity index (χ3n) is 7.13. The Hall–Kier alpha value is -3.42. The number of benzene rings is 2. The zero-order chi connectivity index (χ0) is 29.5. The maximum atomic E-state index is 6.24. The Labute approximate surface area is 247 Å². The van der Waals surface area contributed by atoms with Gasteiger partial charge < -0.3 is 25.7 Å². The van der Waals surface area contributed by atoms with Gasteiger partial charge in [0, 0.05) is 35.3 Å². The van der Waals surface area contributed by atoms with Gasteiger partial charge in [-0.2, -0.15) is 0 Å². The van der Waals surface area contributed by atoms with Crippen LogP contribution in [0.5, 0.6) is 0 Å². The van der Waals surface area contributed by atoms with Crippen molar-refractivity contribution in [2.45, 2.75) is 51.4 Å². The van der Waals surface area contributed by atoms with E-state index in [4.69, 9.17) is 15.9 Å². The van der Waals surface area contributed by atoms with Gasteiger partial charge in [-0.1, -0.05) is 74.2 Å². The van der Waals surface area contributed by atoms with Crippen LogP contribution in [0, 0.1) is 0 Å². The van der Waals surface area contributed by atoms with Gasteiger partial charge in [-0.15, -0.1) is 0 Å². The Morgan fingerprint density at radius 1 is 0.537 bits per heavy atom. The number of furan rings is 1. The van der Waals surface area contributed by atoms with Crippen LogP contribution in [0.15, 0.2) is 75.1 Å². The molecule has 2 aromatic carbocycles. The summed E-state index contributed by atoms with van der Waals surface area (Å²) in [5, 5.41) is 0. The molecule has 1 aromatic heterocycles. The number of rotatable bonds is 18. The third-order valence-corrected chi connectivity index (χ3v) is 7.13. The molecule has 41 heavy (non-hydrogen) atoms. The van der Waals surface area contributed by atoms with E-state index in [1.807, 2.05) is 60.7 Å².